The van der Waals surface area contributed by atoms with Crippen LogP contribution in [0.1, 0.15) is 36.5 Å². The molecule has 1 aromatic heterocycles. The minimum absolute atomic E-state index is 0.117. The highest BCUT2D eigenvalue weighted by Crippen LogP contribution is 2.48. The number of hydrogen-bond donors (Lipinski definition) is 1. The number of nitriles is 1. The van der Waals surface area contributed by atoms with Crippen molar-refractivity contribution in [2.45, 2.75) is 38.0 Å². The summed E-state index contributed by atoms with van der Waals surface area (Å²) in [5.74, 6) is 0.606. The fourth-order valence-corrected chi connectivity index (χ4v) is 5.15. The van der Waals surface area contributed by atoms with E-state index in [4.69, 9.17) is 9.26 Å². The number of amides is 1. The van der Waals surface area contributed by atoms with E-state index in [2.05, 4.69) is 16.2 Å². The molecule has 2 heterocycles. The average Bonchev–Trinajstić information content (AvgIpc) is 3.58. The van der Waals surface area contributed by atoms with Crippen molar-refractivity contribution in [3.8, 4) is 34.7 Å². The van der Waals surface area contributed by atoms with Gasteiger partial charge in [-0.2, -0.15) is 10.2 Å². The van der Waals surface area contributed by atoms with Crippen LogP contribution < -0.4 is 4.74 Å². The quantitative estimate of drug-likeness (QED) is 0.619. The summed E-state index contributed by atoms with van der Waals surface area (Å²) in [6.07, 6.45) is 1.07. The number of nitrogens with zero attached hydrogens (tertiary/aromatic N) is 4. The highest BCUT2D eigenvalue weighted by molar-refractivity contribution is 5.78. The molecule has 1 spiro atoms. The van der Waals surface area contributed by atoms with E-state index in [1.807, 2.05) is 18.2 Å². The van der Waals surface area contributed by atoms with Crippen LogP contribution >= 0.6 is 0 Å². The van der Waals surface area contributed by atoms with Crippen molar-refractivity contribution in [1.29, 1.82) is 5.26 Å². The molecule has 2 aromatic carbocycles. The van der Waals surface area contributed by atoms with E-state index >= 15 is 0 Å². The number of hydrogen-bond acceptors (Lipinski definition) is 7. The zero-order valence-electron chi connectivity index (χ0n) is 18.6. The standard InChI is InChI=1S/C25H23FN4O4/c1-15(26)33-21-6-5-16(11-17(21)12-27)24-28-23(29-34-24)19-3-2-4-20-18(19)7-8-25(20)9-10-30(14-25)22(32)13-31/h2-6,11,15,31H,7-10,13-14H2,1H3. The molecule has 1 saturated heterocycles. The first kappa shape index (κ1) is 22.0. The molecule has 2 atom stereocenters. The molecular formula is C25H23FN4O4. The molecule has 2 aliphatic rings. The third kappa shape index (κ3) is 3.70. The number of rotatable bonds is 5. The van der Waals surface area contributed by atoms with Gasteiger partial charge in [0.05, 0.1) is 5.56 Å². The van der Waals surface area contributed by atoms with Gasteiger partial charge in [-0.05, 0) is 48.6 Å². The first-order valence-corrected chi connectivity index (χ1v) is 11.1. The molecule has 174 valence electrons. The normalized spacial score (nSPS) is 19.8. The zero-order valence-corrected chi connectivity index (χ0v) is 18.6. The van der Waals surface area contributed by atoms with Crippen LogP contribution in [0.5, 0.6) is 5.75 Å². The van der Waals surface area contributed by atoms with Gasteiger partial charge in [-0.25, -0.2) is 4.39 Å². The zero-order chi connectivity index (χ0) is 23.9. The van der Waals surface area contributed by atoms with Gasteiger partial charge in [-0.15, -0.1) is 0 Å². The molecule has 1 aliphatic carbocycles. The van der Waals surface area contributed by atoms with E-state index in [0.29, 0.717) is 24.5 Å². The number of ether oxygens (including phenoxy) is 1. The van der Waals surface area contributed by atoms with Crippen LogP contribution in [0.15, 0.2) is 40.9 Å². The minimum Gasteiger partial charge on any atom is -0.459 e. The largest absolute Gasteiger partial charge is 0.459 e. The number of aliphatic hydroxyl groups excluding tert-OH is 1. The Labute approximate surface area is 195 Å². The first-order chi connectivity index (χ1) is 16.4. The van der Waals surface area contributed by atoms with Crippen molar-refractivity contribution in [3.63, 3.8) is 0 Å². The number of alkyl halides is 1. The number of halogens is 1. The topological polar surface area (TPSA) is 112 Å². The van der Waals surface area contributed by atoms with E-state index in [9.17, 15) is 19.6 Å². The van der Waals surface area contributed by atoms with Crippen LogP contribution in [-0.4, -0.2) is 52.1 Å². The first-order valence-electron chi connectivity index (χ1n) is 11.1. The fourth-order valence-electron chi connectivity index (χ4n) is 5.15. The van der Waals surface area contributed by atoms with Crippen LogP contribution in [0.3, 0.4) is 0 Å². The summed E-state index contributed by atoms with van der Waals surface area (Å²) in [4.78, 5) is 18.3. The number of carbonyl (C=O) groups is 1. The molecule has 3 aromatic rings. The Balaban J connectivity index is 1.45. The van der Waals surface area contributed by atoms with Crippen molar-refractivity contribution in [1.82, 2.24) is 15.0 Å². The van der Waals surface area contributed by atoms with Gasteiger partial charge in [0, 0.05) is 36.6 Å². The molecule has 1 amide bonds. The molecule has 2 unspecified atom stereocenters. The molecule has 5 rings (SSSR count). The van der Waals surface area contributed by atoms with Gasteiger partial charge >= 0.3 is 0 Å². The van der Waals surface area contributed by atoms with E-state index < -0.39 is 13.0 Å². The monoisotopic (exact) mass is 462 g/mol. The van der Waals surface area contributed by atoms with Crippen LogP contribution in [-0.2, 0) is 16.6 Å². The number of carbonyl (C=O) groups excluding carboxylic acids is 1. The van der Waals surface area contributed by atoms with Gasteiger partial charge in [0.1, 0.15) is 18.4 Å². The lowest BCUT2D eigenvalue weighted by Gasteiger charge is -2.25. The maximum Gasteiger partial charge on any atom is 0.258 e. The third-order valence-corrected chi connectivity index (χ3v) is 6.75. The lowest BCUT2D eigenvalue weighted by molar-refractivity contribution is -0.133. The molecule has 9 heteroatoms. The molecular weight excluding hydrogens is 439 g/mol. The van der Waals surface area contributed by atoms with Crippen LogP contribution in [0.25, 0.3) is 22.8 Å². The highest BCUT2D eigenvalue weighted by atomic mass is 19.1. The summed E-state index contributed by atoms with van der Waals surface area (Å²) in [5.41, 5.74) is 3.81. The minimum atomic E-state index is -1.54. The molecule has 1 N–H and O–H groups in total. The molecule has 8 nitrogen and oxygen atoms in total. The van der Waals surface area contributed by atoms with Gasteiger partial charge in [0.2, 0.25) is 18.1 Å². The van der Waals surface area contributed by atoms with Crippen molar-refractivity contribution >= 4 is 5.91 Å². The Morgan fingerprint density at radius 2 is 2.24 bits per heavy atom. The second-order valence-electron chi connectivity index (χ2n) is 8.74. The van der Waals surface area contributed by atoms with E-state index in [0.717, 1.165) is 30.4 Å². The summed E-state index contributed by atoms with van der Waals surface area (Å²) < 4.78 is 23.7. The predicted molar refractivity (Wildman–Crippen MR) is 119 cm³/mol. The Kier molecular flexibility index (Phi) is 5.54. The van der Waals surface area contributed by atoms with E-state index in [1.165, 1.54) is 24.6 Å². The van der Waals surface area contributed by atoms with Crippen LogP contribution in [0, 0.1) is 11.3 Å². The second kappa shape index (κ2) is 8.54. The van der Waals surface area contributed by atoms with Gasteiger partial charge in [0.15, 0.2) is 0 Å². The lowest BCUT2D eigenvalue weighted by Crippen LogP contribution is -2.34. The molecule has 0 radical (unpaired) electrons. The third-order valence-electron chi connectivity index (χ3n) is 6.75. The molecule has 1 aliphatic heterocycles. The SMILES string of the molecule is CC(F)Oc1ccc(-c2nc(-c3cccc4c3CCC43CCN(C(=O)CO)C3)no2)cc1C#N. The summed E-state index contributed by atoms with van der Waals surface area (Å²) in [7, 11) is 0. The summed E-state index contributed by atoms with van der Waals surface area (Å²) in [6, 6.07) is 12.7. The van der Waals surface area contributed by atoms with E-state index in [1.54, 1.807) is 11.0 Å². The van der Waals surface area contributed by atoms with Crippen molar-refractivity contribution in [2.75, 3.05) is 19.7 Å². The summed E-state index contributed by atoms with van der Waals surface area (Å²) >= 11 is 0. The van der Waals surface area contributed by atoms with Crippen molar-refractivity contribution in [3.05, 3.63) is 53.1 Å². The number of likely N-dealkylation sites (tertiary alicyclic amines) is 1. The second-order valence-corrected chi connectivity index (χ2v) is 8.74. The van der Waals surface area contributed by atoms with Gasteiger partial charge < -0.3 is 19.3 Å². The molecule has 0 saturated carbocycles. The van der Waals surface area contributed by atoms with E-state index in [-0.39, 0.29) is 28.5 Å². The molecule has 1 fully saturated rings. The Bertz CT molecular complexity index is 1300. The predicted octanol–water partition coefficient (Wildman–Crippen LogP) is 3.38. The van der Waals surface area contributed by atoms with Gasteiger partial charge in [-0.3, -0.25) is 4.79 Å². The number of fused-ring (bicyclic) bond motifs is 2. The summed E-state index contributed by atoms with van der Waals surface area (Å²) in [5, 5.41) is 22.8. The number of aromatic nitrogens is 2. The Morgan fingerprint density at radius 1 is 1.38 bits per heavy atom. The van der Waals surface area contributed by atoms with Crippen LogP contribution in [0.2, 0.25) is 0 Å². The maximum absolute atomic E-state index is 13.2. The number of aliphatic hydroxyl groups is 1. The fraction of sp³-hybridized carbons (Fsp3) is 0.360. The lowest BCUT2D eigenvalue weighted by atomic mass is 9.81. The van der Waals surface area contributed by atoms with Gasteiger partial charge in [-0.1, -0.05) is 23.4 Å². The smallest absolute Gasteiger partial charge is 0.258 e. The molecule has 0 bridgehead atoms. The van der Waals surface area contributed by atoms with Crippen LogP contribution in [0.4, 0.5) is 4.39 Å². The van der Waals surface area contributed by atoms with Crippen molar-refractivity contribution < 1.29 is 23.6 Å². The number of benzene rings is 2. The summed E-state index contributed by atoms with van der Waals surface area (Å²) in [6.45, 7) is 2.01. The highest BCUT2D eigenvalue weighted by Gasteiger charge is 2.46. The molecule has 34 heavy (non-hydrogen) atoms. The van der Waals surface area contributed by atoms with Gasteiger partial charge in [0.25, 0.3) is 5.89 Å². The van der Waals surface area contributed by atoms with Crippen molar-refractivity contribution in [2.24, 2.45) is 0 Å². The Morgan fingerprint density at radius 3 is 3.00 bits per heavy atom. The Hall–Kier alpha value is -3.77. The maximum atomic E-state index is 13.2. The average molecular weight is 462 g/mol.